The lowest BCUT2D eigenvalue weighted by molar-refractivity contribution is 0.619. The zero-order valence-corrected chi connectivity index (χ0v) is 9.21. The molecule has 0 heterocycles. The van der Waals surface area contributed by atoms with E-state index in [2.05, 4.69) is 5.32 Å². The summed E-state index contributed by atoms with van der Waals surface area (Å²) in [6.45, 7) is 1.39. The Morgan fingerprint density at radius 1 is 1.36 bits per heavy atom. The lowest BCUT2D eigenvalue weighted by Crippen LogP contribution is -2.15. The number of halogens is 3. The molecule has 0 atom stereocenters. The van der Waals surface area contributed by atoms with E-state index < -0.39 is 0 Å². The highest BCUT2D eigenvalue weighted by Gasteiger charge is 2.00. The monoisotopic (exact) mass is 235 g/mol. The third kappa shape index (κ3) is 3.82. The summed E-state index contributed by atoms with van der Waals surface area (Å²) in [5.74, 6) is 0.368. The van der Waals surface area contributed by atoms with Crippen LogP contribution >= 0.6 is 23.2 Å². The van der Waals surface area contributed by atoms with Crippen molar-refractivity contribution in [3.8, 4) is 0 Å². The maximum atomic E-state index is 12.8. The lowest BCUT2D eigenvalue weighted by atomic mass is 10.2. The topological polar surface area (TPSA) is 12.0 Å². The summed E-state index contributed by atoms with van der Waals surface area (Å²) < 4.78 is 12.8. The van der Waals surface area contributed by atoms with Crippen molar-refractivity contribution in [2.24, 2.45) is 0 Å². The van der Waals surface area contributed by atoms with Crippen LogP contribution < -0.4 is 5.32 Å². The van der Waals surface area contributed by atoms with Crippen LogP contribution in [0.25, 0.3) is 0 Å². The highest BCUT2D eigenvalue weighted by molar-refractivity contribution is 6.31. The molecule has 1 aromatic rings. The van der Waals surface area contributed by atoms with Gasteiger partial charge in [0.25, 0.3) is 0 Å². The van der Waals surface area contributed by atoms with Crippen molar-refractivity contribution in [2.75, 3.05) is 12.4 Å². The van der Waals surface area contributed by atoms with Crippen molar-refractivity contribution >= 4 is 23.2 Å². The van der Waals surface area contributed by atoms with Gasteiger partial charge in [-0.25, -0.2) is 4.39 Å². The van der Waals surface area contributed by atoms with E-state index in [1.807, 2.05) is 0 Å². The molecule has 0 aromatic heterocycles. The normalized spacial score (nSPS) is 10.5. The maximum absolute atomic E-state index is 12.8. The highest BCUT2D eigenvalue weighted by Crippen LogP contribution is 2.16. The van der Waals surface area contributed by atoms with Crippen LogP contribution in [-0.4, -0.2) is 12.4 Å². The summed E-state index contributed by atoms with van der Waals surface area (Å²) in [7, 11) is 0. The molecule has 0 saturated carbocycles. The minimum atomic E-state index is -0.261. The quantitative estimate of drug-likeness (QED) is 0.611. The van der Waals surface area contributed by atoms with Gasteiger partial charge in [-0.3, -0.25) is 0 Å². The molecule has 1 N–H and O–H groups in total. The molecule has 0 spiro atoms. The summed E-state index contributed by atoms with van der Waals surface area (Å²) in [4.78, 5) is 0. The van der Waals surface area contributed by atoms with Gasteiger partial charge < -0.3 is 5.32 Å². The fourth-order valence-electron chi connectivity index (χ4n) is 1.09. The van der Waals surface area contributed by atoms with Crippen LogP contribution in [0, 0.1) is 5.82 Å². The van der Waals surface area contributed by atoms with Gasteiger partial charge in [0.05, 0.1) is 0 Å². The van der Waals surface area contributed by atoms with Crippen LogP contribution in [0.3, 0.4) is 0 Å². The van der Waals surface area contributed by atoms with Crippen LogP contribution in [0.4, 0.5) is 4.39 Å². The average molecular weight is 236 g/mol. The SMILES string of the molecule is Fc1ccc(Cl)c(CNCCCCl)c1. The molecule has 1 aromatic carbocycles. The molecule has 0 radical (unpaired) electrons. The van der Waals surface area contributed by atoms with Crippen molar-refractivity contribution in [2.45, 2.75) is 13.0 Å². The summed E-state index contributed by atoms with van der Waals surface area (Å²) in [6, 6.07) is 4.36. The highest BCUT2D eigenvalue weighted by atomic mass is 35.5. The second-order valence-electron chi connectivity index (χ2n) is 2.96. The van der Waals surface area contributed by atoms with Gasteiger partial charge in [0.1, 0.15) is 5.82 Å². The summed E-state index contributed by atoms with van der Waals surface area (Å²) >= 11 is 11.4. The Labute approximate surface area is 93.2 Å². The second-order valence-corrected chi connectivity index (χ2v) is 3.74. The van der Waals surface area contributed by atoms with Gasteiger partial charge in [-0.15, -0.1) is 11.6 Å². The maximum Gasteiger partial charge on any atom is 0.123 e. The van der Waals surface area contributed by atoms with E-state index in [0.29, 0.717) is 17.4 Å². The van der Waals surface area contributed by atoms with Crippen molar-refractivity contribution in [3.63, 3.8) is 0 Å². The summed E-state index contributed by atoms with van der Waals surface area (Å²) in [6.07, 6.45) is 0.897. The largest absolute Gasteiger partial charge is 0.313 e. The number of hydrogen-bond acceptors (Lipinski definition) is 1. The minimum absolute atomic E-state index is 0.261. The van der Waals surface area contributed by atoms with Crippen LogP contribution in [0.5, 0.6) is 0 Å². The third-order valence-corrected chi connectivity index (χ3v) is 2.45. The Balaban J connectivity index is 2.45. The molecule has 78 valence electrons. The van der Waals surface area contributed by atoms with Gasteiger partial charge in [-0.1, -0.05) is 11.6 Å². The first kappa shape index (κ1) is 11.8. The zero-order valence-electron chi connectivity index (χ0n) is 7.69. The molecule has 0 unspecified atom stereocenters. The first-order chi connectivity index (χ1) is 6.74. The summed E-state index contributed by atoms with van der Waals surface area (Å²) in [5.41, 5.74) is 0.779. The predicted octanol–water partition coefficient (Wildman–Crippen LogP) is 3.20. The molecule has 0 saturated heterocycles. The van der Waals surface area contributed by atoms with E-state index in [-0.39, 0.29) is 5.82 Å². The number of hydrogen-bond donors (Lipinski definition) is 1. The number of rotatable bonds is 5. The molecular weight excluding hydrogens is 224 g/mol. The van der Waals surface area contributed by atoms with Crippen LogP contribution in [0.15, 0.2) is 18.2 Å². The molecule has 4 heteroatoms. The fraction of sp³-hybridized carbons (Fsp3) is 0.400. The van der Waals surface area contributed by atoms with E-state index in [1.165, 1.54) is 12.1 Å². The van der Waals surface area contributed by atoms with Crippen molar-refractivity contribution < 1.29 is 4.39 Å². The van der Waals surface area contributed by atoms with E-state index in [1.54, 1.807) is 6.07 Å². The third-order valence-electron chi connectivity index (χ3n) is 1.81. The smallest absolute Gasteiger partial charge is 0.123 e. The molecule has 14 heavy (non-hydrogen) atoms. The second kappa shape index (κ2) is 6.23. The van der Waals surface area contributed by atoms with Crippen molar-refractivity contribution in [1.29, 1.82) is 0 Å². The van der Waals surface area contributed by atoms with Gasteiger partial charge in [0.15, 0.2) is 0 Å². The molecule has 1 rings (SSSR count). The molecule has 1 nitrogen and oxygen atoms in total. The van der Waals surface area contributed by atoms with Crippen LogP contribution in [-0.2, 0) is 6.54 Å². The first-order valence-corrected chi connectivity index (χ1v) is 5.36. The van der Waals surface area contributed by atoms with Gasteiger partial charge in [-0.05, 0) is 36.7 Å². The van der Waals surface area contributed by atoms with E-state index in [0.717, 1.165) is 18.5 Å². The molecule has 0 aliphatic carbocycles. The Morgan fingerprint density at radius 2 is 2.14 bits per heavy atom. The van der Waals surface area contributed by atoms with Crippen molar-refractivity contribution in [3.05, 3.63) is 34.6 Å². The number of nitrogens with one attached hydrogen (secondary N) is 1. The minimum Gasteiger partial charge on any atom is -0.313 e. The average Bonchev–Trinajstić information content (AvgIpc) is 2.18. The Morgan fingerprint density at radius 3 is 2.86 bits per heavy atom. The van der Waals surface area contributed by atoms with Gasteiger partial charge in [0, 0.05) is 17.4 Å². The van der Waals surface area contributed by atoms with E-state index in [9.17, 15) is 4.39 Å². The molecule has 0 fully saturated rings. The van der Waals surface area contributed by atoms with E-state index in [4.69, 9.17) is 23.2 Å². The Bertz CT molecular complexity index is 291. The van der Waals surface area contributed by atoms with Crippen molar-refractivity contribution in [1.82, 2.24) is 5.32 Å². The molecular formula is C10H12Cl2FN. The Hall–Kier alpha value is -0.310. The summed E-state index contributed by atoms with van der Waals surface area (Å²) in [5, 5.41) is 3.72. The van der Waals surface area contributed by atoms with E-state index >= 15 is 0 Å². The first-order valence-electron chi connectivity index (χ1n) is 4.44. The van der Waals surface area contributed by atoms with Gasteiger partial charge in [0.2, 0.25) is 0 Å². The fourth-order valence-corrected chi connectivity index (χ4v) is 1.41. The number of alkyl halides is 1. The standard InChI is InChI=1S/C10H12Cl2FN/c11-4-1-5-14-7-8-6-9(13)2-3-10(8)12/h2-3,6,14H,1,4-5,7H2. The molecule has 0 aliphatic rings. The van der Waals surface area contributed by atoms with Gasteiger partial charge in [-0.2, -0.15) is 0 Å². The Kier molecular flexibility index (Phi) is 5.23. The predicted molar refractivity (Wildman–Crippen MR) is 58.5 cm³/mol. The van der Waals surface area contributed by atoms with Crippen LogP contribution in [0.1, 0.15) is 12.0 Å². The lowest BCUT2D eigenvalue weighted by Gasteiger charge is -2.05. The molecule has 0 aliphatic heterocycles. The van der Waals surface area contributed by atoms with Gasteiger partial charge >= 0.3 is 0 Å². The zero-order chi connectivity index (χ0) is 10.4. The van der Waals surface area contributed by atoms with Crippen LogP contribution in [0.2, 0.25) is 5.02 Å². The molecule has 0 amide bonds. The number of benzene rings is 1. The molecule has 0 bridgehead atoms.